The standard InChI is InChI=1S/C15H12FNO2/c16-13-10-12(7-8-14(13)18)17-15(19)9-6-11-4-2-1-3-5-11/h1-10,18H,(H,17,19). The summed E-state index contributed by atoms with van der Waals surface area (Å²) in [6.45, 7) is 0. The maximum Gasteiger partial charge on any atom is 0.248 e. The lowest BCUT2D eigenvalue weighted by Gasteiger charge is -2.03. The van der Waals surface area contributed by atoms with Crippen LogP contribution >= 0.6 is 0 Å². The zero-order valence-corrected chi connectivity index (χ0v) is 10.0. The first-order valence-corrected chi connectivity index (χ1v) is 5.68. The van der Waals surface area contributed by atoms with Crippen molar-refractivity contribution in [1.29, 1.82) is 0 Å². The molecule has 0 unspecified atom stereocenters. The quantitative estimate of drug-likeness (QED) is 0.655. The molecule has 2 rings (SSSR count). The van der Waals surface area contributed by atoms with Crippen molar-refractivity contribution in [2.75, 3.05) is 5.32 Å². The second-order valence-electron chi connectivity index (χ2n) is 3.90. The number of hydrogen-bond donors (Lipinski definition) is 2. The minimum atomic E-state index is -0.773. The summed E-state index contributed by atoms with van der Waals surface area (Å²) in [5, 5.41) is 11.5. The number of rotatable bonds is 3. The van der Waals surface area contributed by atoms with E-state index in [2.05, 4.69) is 5.32 Å². The number of amides is 1. The molecule has 3 nitrogen and oxygen atoms in total. The van der Waals surface area contributed by atoms with Gasteiger partial charge in [-0.15, -0.1) is 0 Å². The van der Waals surface area contributed by atoms with E-state index in [0.29, 0.717) is 0 Å². The SMILES string of the molecule is O=C(C=Cc1ccccc1)Nc1ccc(O)c(F)c1. The normalized spacial score (nSPS) is 10.6. The van der Waals surface area contributed by atoms with Gasteiger partial charge in [-0.3, -0.25) is 4.79 Å². The molecule has 1 amide bonds. The lowest BCUT2D eigenvalue weighted by atomic mass is 10.2. The van der Waals surface area contributed by atoms with Crippen LogP contribution in [0.15, 0.2) is 54.6 Å². The predicted molar refractivity (Wildman–Crippen MR) is 72.2 cm³/mol. The van der Waals surface area contributed by atoms with Gasteiger partial charge in [-0.25, -0.2) is 4.39 Å². The highest BCUT2D eigenvalue weighted by molar-refractivity contribution is 6.01. The molecule has 0 atom stereocenters. The largest absolute Gasteiger partial charge is 0.505 e. The number of anilines is 1. The number of carbonyl (C=O) groups is 1. The van der Waals surface area contributed by atoms with Crippen molar-refractivity contribution in [2.24, 2.45) is 0 Å². The van der Waals surface area contributed by atoms with Crippen LogP contribution in [0.1, 0.15) is 5.56 Å². The zero-order chi connectivity index (χ0) is 13.7. The molecule has 2 aromatic carbocycles. The summed E-state index contributed by atoms with van der Waals surface area (Å²) in [6, 6.07) is 13.0. The van der Waals surface area contributed by atoms with E-state index in [0.717, 1.165) is 11.6 Å². The summed E-state index contributed by atoms with van der Waals surface area (Å²) >= 11 is 0. The van der Waals surface area contributed by atoms with E-state index in [1.807, 2.05) is 30.3 Å². The van der Waals surface area contributed by atoms with E-state index >= 15 is 0 Å². The topological polar surface area (TPSA) is 49.3 Å². The average Bonchev–Trinajstić information content (AvgIpc) is 2.42. The molecular formula is C15H12FNO2. The first-order valence-electron chi connectivity index (χ1n) is 5.68. The molecule has 0 fully saturated rings. The van der Waals surface area contributed by atoms with Gasteiger partial charge in [0.15, 0.2) is 11.6 Å². The Labute approximate surface area is 110 Å². The maximum atomic E-state index is 13.1. The number of benzene rings is 2. The Morgan fingerprint density at radius 1 is 1.16 bits per heavy atom. The lowest BCUT2D eigenvalue weighted by Crippen LogP contribution is -2.07. The van der Waals surface area contributed by atoms with Gasteiger partial charge < -0.3 is 10.4 Å². The van der Waals surface area contributed by atoms with Crippen LogP contribution in [0.2, 0.25) is 0 Å². The zero-order valence-electron chi connectivity index (χ0n) is 10.0. The molecule has 19 heavy (non-hydrogen) atoms. The molecule has 0 bridgehead atoms. The highest BCUT2D eigenvalue weighted by Gasteiger charge is 2.03. The first kappa shape index (κ1) is 12.8. The van der Waals surface area contributed by atoms with Gasteiger partial charge in [0.25, 0.3) is 0 Å². The number of hydrogen-bond acceptors (Lipinski definition) is 2. The Morgan fingerprint density at radius 3 is 2.58 bits per heavy atom. The van der Waals surface area contributed by atoms with Crippen LogP contribution in [0.3, 0.4) is 0 Å². The first-order chi connectivity index (χ1) is 9.15. The minimum absolute atomic E-state index is 0.290. The molecular weight excluding hydrogens is 245 g/mol. The van der Waals surface area contributed by atoms with Crippen LogP contribution in [0, 0.1) is 5.82 Å². The Morgan fingerprint density at radius 2 is 1.89 bits per heavy atom. The highest BCUT2D eigenvalue weighted by atomic mass is 19.1. The van der Waals surface area contributed by atoms with Gasteiger partial charge in [0.1, 0.15) is 0 Å². The molecule has 96 valence electrons. The summed E-state index contributed by atoms with van der Waals surface area (Å²) in [4.78, 5) is 11.6. The summed E-state index contributed by atoms with van der Waals surface area (Å²) in [7, 11) is 0. The number of aromatic hydroxyl groups is 1. The third-order valence-electron chi connectivity index (χ3n) is 2.44. The van der Waals surface area contributed by atoms with Crippen LogP contribution in [0.25, 0.3) is 6.08 Å². The molecule has 0 saturated carbocycles. The molecule has 2 aromatic rings. The van der Waals surface area contributed by atoms with Gasteiger partial charge in [0.05, 0.1) is 0 Å². The lowest BCUT2D eigenvalue weighted by molar-refractivity contribution is -0.111. The smallest absolute Gasteiger partial charge is 0.248 e. The van der Waals surface area contributed by atoms with Crippen LogP contribution < -0.4 is 5.32 Å². The molecule has 4 heteroatoms. The minimum Gasteiger partial charge on any atom is -0.505 e. The van der Waals surface area contributed by atoms with Crippen LogP contribution in [0.4, 0.5) is 10.1 Å². The van der Waals surface area contributed by atoms with E-state index in [1.54, 1.807) is 6.08 Å². The number of carbonyl (C=O) groups excluding carboxylic acids is 1. The van der Waals surface area contributed by atoms with Gasteiger partial charge >= 0.3 is 0 Å². The Kier molecular flexibility index (Phi) is 3.93. The molecule has 0 aromatic heterocycles. The molecule has 0 spiro atoms. The van der Waals surface area contributed by atoms with Crippen molar-refractivity contribution in [1.82, 2.24) is 0 Å². The fourth-order valence-corrected chi connectivity index (χ4v) is 1.50. The second-order valence-corrected chi connectivity index (χ2v) is 3.90. The second kappa shape index (κ2) is 5.82. The van der Waals surface area contributed by atoms with Crippen LogP contribution in [-0.2, 0) is 4.79 Å². The van der Waals surface area contributed by atoms with Crippen molar-refractivity contribution in [3.63, 3.8) is 0 Å². The monoisotopic (exact) mass is 257 g/mol. The van der Waals surface area contributed by atoms with E-state index < -0.39 is 11.6 Å². The third-order valence-corrected chi connectivity index (χ3v) is 2.44. The number of phenols is 1. The van der Waals surface area contributed by atoms with Gasteiger partial charge in [0.2, 0.25) is 5.91 Å². The fraction of sp³-hybridized carbons (Fsp3) is 0. The van der Waals surface area contributed by atoms with Crippen molar-refractivity contribution in [3.05, 3.63) is 66.0 Å². The number of nitrogens with one attached hydrogen (secondary N) is 1. The Bertz CT molecular complexity index is 609. The molecule has 0 aliphatic carbocycles. The van der Waals surface area contributed by atoms with Crippen LogP contribution in [0.5, 0.6) is 5.75 Å². The number of halogens is 1. The van der Waals surface area contributed by atoms with Gasteiger partial charge in [-0.05, 0) is 23.8 Å². The molecule has 0 aliphatic rings. The van der Waals surface area contributed by atoms with Crippen molar-refractivity contribution >= 4 is 17.7 Å². The highest BCUT2D eigenvalue weighted by Crippen LogP contribution is 2.19. The summed E-state index contributed by atoms with van der Waals surface area (Å²) in [6.07, 6.45) is 3.02. The van der Waals surface area contributed by atoms with Gasteiger partial charge in [-0.1, -0.05) is 30.3 Å². The predicted octanol–water partition coefficient (Wildman–Crippen LogP) is 3.18. The summed E-state index contributed by atoms with van der Waals surface area (Å²) in [5.41, 5.74) is 1.19. The summed E-state index contributed by atoms with van der Waals surface area (Å²) in [5.74, 6) is -1.59. The van der Waals surface area contributed by atoms with Crippen LogP contribution in [-0.4, -0.2) is 11.0 Å². The van der Waals surface area contributed by atoms with Gasteiger partial charge in [0, 0.05) is 17.8 Å². The van der Waals surface area contributed by atoms with E-state index in [-0.39, 0.29) is 11.6 Å². The summed E-state index contributed by atoms with van der Waals surface area (Å²) < 4.78 is 13.1. The third kappa shape index (κ3) is 3.67. The van der Waals surface area contributed by atoms with Crippen molar-refractivity contribution in [2.45, 2.75) is 0 Å². The Hall–Kier alpha value is -2.62. The van der Waals surface area contributed by atoms with E-state index in [9.17, 15) is 9.18 Å². The van der Waals surface area contributed by atoms with Crippen molar-refractivity contribution in [3.8, 4) is 5.75 Å². The van der Waals surface area contributed by atoms with Crippen molar-refractivity contribution < 1.29 is 14.3 Å². The molecule has 2 N–H and O–H groups in total. The van der Waals surface area contributed by atoms with E-state index in [4.69, 9.17) is 5.11 Å². The number of phenolic OH excluding ortho intramolecular Hbond substituents is 1. The van der Waals surface area contributed by atoms with E-state index in [1.165, 1.54) is 18.2 Å². The maximum absolute atomic E-state index is 13.1. The molecule has 0 radical (unpaired) electrons. The molecule has 0 heterocycles. The molecule has 0 saturated heterocycles. The Balaban J connectivity index is 2.01. The fourth-order valence-electron chi connectivity index (χ4n) is 1.50. The molecule has 0 aliphatic heterocycles. The average molecular weight is 257 g/mol. The van der Waals surface area contributed by atoms with Gasteiger partial charge in [-0.2, -0.15) is 0 Å².